The minimum Gasteiger partial charge on any atom is -0.383 e. The monoisotopic (exact) mass is 282 g/mol. The van der Waals surface area contributed by atoms with Crippen molar-refractivity contribution in [2.24, 2.45) is 0 Å². The van der Waals surface area contributed by atoms with Crippen molar-refractivity contribution in [2.75, 3.05) is 11.1 Å². The lowest BCUT2D eigenvalue weighted by Gasteiger charge is -2.05. The molecule has 98 valence electrons. The van der Waals surface area contributed by atoms with Gasteiger partial charge in [0.2, 0.25) is 5.95 Å². The van der Waals surface area contributed by atoms with E-state index in [-0.39, 0.29) is 0 Å². The molecule has 0 aliphatic carbocycles. The Kier molecular flexibility index (Phi) is 2.33. The van der Waals surface area contributed by atoms with Crippen molar-refractivity contribution in [1.29, 1.82) is 0 Å². The number of hydrogen-bond acceptors (Lipinski definition) is 6. The van der Waals surface area contributed by atoms with Crippen LogP contribution in [0.15, 0.2) is 36.0 Å². The zero-order valence-electron chi connectivity index (χ0n) is 10.3. The highest BCUT2D eigenvalue weighted by Crippen LogP contribution is 2.24. The van der Waals surface area contributed by atoms with Gasteiger partial charge in [0.05, 0.1) is 21.1 Å². The number of nitrogens with one attached hydrogen (secondary N) is 2. The molecule has 0 aliphatic heterocycles. The summed E-state index contributed by atoms with van der Waals surface area (Å²) in [5.41, 5.74) is 10.4. The van der Waals surface area contributed by atoms with Crippen molar-refractivity contribution < 1.29 is 0 Å². The lowest BCUT2D eigenvalue weighted by Crippen LogP contribution is -2.00. The molecule has 0 saturated heterocycles. The number of H-pyrrole nitrogens is 1. The van der Waals surface area contributed by atoms with Crippen LogP contribution in [0.25, 0.3) is 21.3 Å². The normalized spacial score (nSPS) is 11.2. The number of thiazole rings is 1. The molecule has 0 fully saturated rings. The topological polar surface area (TPSA) is 92.5 Å². The minimum atomic E-state index is 0.456. The van der Waals surface area contributed by atoms with Crippen LogP contribution >= 0.6 is 11.3 Å². The average molecular weight is 282 g/mol. The van der Waals surface area contributed by atoms with Gasteiger partial charge in [0, 0.05) is 11.9 Å². The van der Waals surface area contributed by atoms with Crippen molar-refractivity contribution >= 4 is 50.0 Å². The first-order valence-electron chi connectivity index (χ1n) is 6.00. The van der Waals surface area contributed by atoms with Gasteiger partial charge in [-0.2, -0.15) is 9.97 Å². The smallest absolute Gasteiger partial charge is 0.231 e. The Hall–Kier alpha value is -2.67. The predicted molar refractivity (Wildman–Crippen MR) is 81.2 cm³/mol. The summed E-state index contributed by atoms with van der Waals surface area (Å²) in [5.74, 6) is 0.930. The summed E-state index contributed by atoms with van der Waals surface area (Å²) in [6, 6.07) is 7.79. The predicted octanol–water partition coefficient (Wildman–Crippen LogP) is 2.89. The molecule has 0 radical (unpaired) electrons. The SMILES string of the molecule is Nc1nc(Nc2ccc3ncsc3c2)nc2[nH]ccc12. The molecule has 3 heterocycles. The minimum absolute atomic E-state index is 0.456. The first-order valence-corrected chi connectivity index (χ1v) is 6.88. The van der Waals surface area contributed by atoms with Crippen LogP contribution in [0.2, 0.25) is 0 Å². The Balaban J connectivity index is 1.75. The van der Waals surface area contributed by atoms with Crippen molar-refractivity contribution in [3.05, 3.63) is 36.0 Å². The molecule has 4 rings (SSSR count). The molecule has 0 bridgehead atoms. The number of nitrogen functional groups attached to an aromatic ring is 1. The number of hydrogen-bond donors (Lipinski definition) is 3. The van der Waals surface area contributed by atoms with Gasteiger partial charge in [0.25, 0.3) is 0 Å². The third-order valence-corrected chi connectivity index (χ3v) is 3.82. The highest BCUT2D eigenvalue weighted by atomic mass is 32.1. The fourth-order valence-electron chi connectivity index (χ4n) is 2.08. The summed E-state index contributed by atoms with van der Waals surface area (Å²) in [5, 5.41) is 3.99. The van der Waals surface area contributed by atoms with E-state index in [0.717, 1.165) is 26.9 Å². The van der Waals surface area contributed by atoms with Gasteiger partial charge >= 0.3 is 0 Å². The van der Waals surface area contributed by atoms with Crippen LogP contribution < -0.4 is 11.1 Å². The summed E-state index contributed by atoms with van der Waals surface area (Å²) in [7, 11) is 0. The third kappa shape index (κ3) is 1.76. The Morgan fingerprint density at radius 3 is 3.10 bits per heavy atom. The molecule has 0 atom stereocenters. The van der Waals surface area contributed by atoms with Crippen LogP contribution in [0.4, 0.5) is 17.5 Å². The maximum atomic E-state index is 5.91. The summed E-state index contributed by atoms with van der Waals surface area (Å²) in [4.78, 5) is 15.9. The molecular formula is C13H10N6S. The van der Waals surface area contributed by atoms with E-state index in [2.05, 4.69) is 25.3 Å². The van der Waals surface area contributed by atoms with Crippen LogP contribution in [-0.4, -0.2) is 19.9 Å². The number of nitrogens with zero attached hydrogens (tertiary/aromatic N) is 3. The maximum Gasteiger partial charge on any atom is 0.231 e. The number of nitrogens with two attached hydrogens (primary N) is 1. The van der Waals surface area contributed by atoms with Crippen LogP contribution in [0.5, 0.6) is 0 Å². The quantitative estimate of drug-likeness (QED) is 0.525. The van der Waals surface area contributed by atoms with Gasteiger partial charge in [0.15, 0.2) is 0 Å². The molecule has 4 N–H and O–H groups in total. The average Bonchev–Trinajstić information content (AvgIpc) is 3.06. The largest absolute Gasteiger partial charge is 0.383 e. The van der Waals surface area contributed by atoms with Gasteiger partial charge in [-0.1, -0.05) is 0 Å². The molecule has 0 unspecified atom stereocenters. The van der Waals surface area contributed by atoms with E-state index >= 15 is 0 Å². The molecule has 3 aromatic heterocycles. The molecule has 20 heavy (non-hydrogen) atoms. The Labute approximate surface area is 117 Å². The molecular weight excluding hydrogens is 272 g/mol. The van der Waals surface area contributed by atoms with Gasteiger partial charge in [-0.25, -0.2) is 4.98 Å². The molecule has 0 spiro atoms. The maximum absolute atomic E-state index is 5.91. The van der Waals surface area contributed by atoms with Crippen molar-refractivity contribution in [3.63, 3.8) is 0 Å². The first-order chi connectivity index (χ1) is 9.79. The molecule has 6 nitrogen and oxygen atoms in total. The van der Waals surface area contributed by atoms with E-state index in [0.29, 0.717) is 11.8 Å². The van der Waals surface area contributed by atoms with E-state index in [4.69, 9.17) is 5.73 Å². The van der Waals surface area contributed by atoms with Crippen molar-refractivity contribution in [3.8, 4) is 0 Å². The number of aromatic amines is 1. The highest BCUT2D eigenvalue weighted by Gasteiger charge is 2.06. The second-order valence-corrected chi connectivity index (χ2v) is 5.22. The fraction of sp³-hybridized carbons (Fsp3) is 0. The molecule has 0 amide bonds. The number of anilines is 3. The van der Waals surface area contributed by atoms with Gasteiger partial charge in [-0.15, -0.1) is 11.3 Å². The van der Waals surface area contributed by atoms with Gasteiger partial charge in [-0.05, 0) is 24.3 Å². The Morgan fingerprint density at radius 1 is 1.20 bits per heavy atom. The standard InChI is InChI=1S/C13H10N6S/c14-11-8-3-4-15-12(8)19-13(18-11)17-7-1-2-9-10(5-7)20-6-16-9/h1-6H,(H4,14,15,17,18,19). The fourth-order valence-corrected chi connectivity index (χ4v) is 2.80. The lowest BCUT2D eigenvalue weighted by atomic mass is 10.3. The van der Waals surface area contributed by atoms with E-state index in [9.17, 15) is 0 Å². The van der Waals surface area contributed by atoms with E-state index < -0.39 is 0 Å². The number of benzene rings is 1. The second kappa shape index (κ2) is 4.17. The number of rotatable bonds is 2. The molecule has 0 aliphatic rings. The zero-order chi connectivity index (χ0) is 13.5. The van der Waals surface area contributed by atoms with Gasteiger partial charge in [-0.3, -0.25) is 0 Å². The van der Waals surface area contributed by atoms with E-state index in [1.165, 1.54) is 0 Å². The Morgan fingerprint density at radius 2 is 2.15 bits per heavy atom. The number of fused-ring (bicyclic) bond motifs is 2. The van der Waals surface area contributed by atoms with E-state index in [1.807, 2.05) is 29.8 Å². The van der Waals surface area contributed by atoms with Crippen molar-refractivity contribution in [2.45, 2.75) is 0 Å². The summed E-state index contributed by atoms with van der Waals surface area (Å²) < 4.78 is 1.11. The second-order valence-electron chi connectivity index (χ2n) is 4.33. The van der Waals surface area contributed by atoms with Gasteiger partial charge < -0.3 is 16.0 Å². The number of aromatic nitrogens is 4. The summed E-state index contributed by atoms with van der Waals surface area (Å²) in [6.45, 7) is 0. The summed E-state index contributed by atoms with van der Waals surface area (Å²) >= 11 is 1.60. The van der Waals surface area contributed by atoms with Crippen molar-refractivity contribution in [1.82, 2.24) is 19.9 Å². The first kappa shape index (κ1) is 11.2. The zero-order valence-corrected chi connectivity index (χ0v) is 11.1. The third-order valence-electron chi connectivity index (χ3n) is 3.03. The molecule has 7 heteroatoms. The molecule has 1 aromatic carbocycles. The van der Waals surface area contributed by atoms with Crippen LogP contribution in [0, 0.1) is 0 Å². The molecule has 4 aromatic rings. The van der Waals surface area contributed by atoms with Crippen LogP contribution in [-0.2, 0) is 0 Å². The summed E-state index contributed by atoms with van der Waals surface area (Å²) in [6.07, 6.45) is 1.79. The highest BCUT2D eigenvalue weighted by molar-refractivity contribution is 7.16. The van der Waals surface area contributed by atoms with Crippen LogP contribution in [0.1, 0.15) is 0 Å². The van der Waals surface area contributed by atoms with Crippen LogP contribution in [0.3, 0.4) is 0 Å². The Bertz CT molecular complexity index is 909. The molecule has 0 saturated carbocycles. The van der Waals surface area contributed by atoms with E-state index in [1.54, 1.807) is 17.5 Å². The lowest BCUT2D eigenvalue weighted by molar-refractivity contribution is 1.20. The van der Waals surface area contributed by atoms with Gasteiger partial charge in [0.1, 0.15) is 11.5 Å².